The molecule has 794 valence electrons. The molecule has 0 radical (unpaired) electrons. The number of esters is 2. The summed E-state index contributed by atoms with van der Waals surface area (Å²) in [5, 5.41) is 32.2. The number of hydrogen-bond acceptors (Lipinski definition) is 31. The van der Waals surface area contributed by atoms with Crippen LogP contribution in [0.4, 0.5) is 0 Å². The molecule has 0 bridgehead atoms. The summed E-state index contributed by atoms with van der Waals surface area (Å²) in [6, 6.07) is 55.5. The van der Waals surface area contributed by atoms with E-state index in [4.69, 9.17) is 45.9 Å². The van der Waals surface area contributed by atoms with Gasteiger partial charge < -0.3 is 50.9 Å². The Labute approximate surface area is 881 Å². The number of fused-ring (bicyclic) bond motifs is 3. The number of aromatic amines is 1. The van der Waals surface area contributed by atoms with Crippen LogP contribution in [0.3, 0.4) is 0 Å². The number of benzene rings is 6. The van der Waals surface area contributed by atoms with Gasteiger partial charge in [0.1, 0.15) is 0 Å². The van der Waals surface area contributed by atoms with Gasteiger partial charge in [0.2, 0.25) is 9.05 Å². The number of H-pyrrole nitrogens is 1. The largest absolute Gasteiger partial charge is 0.462 e. The Morgan fingerprint density at radius 2 is 0.707 bits per heavy atom. The van der Waals surface area contributed by atoms with Gasteiger partial charge in [-0.05, 0) is 107 Å². The maximum absolute atomic E-state index is 12.7. The molecule has 18 aromatic rings. The SMILES string of the molecule is CCC[CH2][Sn]([CH2]CCC)([CH2]CCC)[c]1cc(C)no1.CCOC(=O)c1ccc(-c2cc(C)no2)cc1.CCOC(=O)c1ccc(Br)cc1.CS(=O)(=O)Cl.Cc1cc(-c2ccc(CO)cc2)on1.Cc1cc(-c2ccc(COS(C)(=O)=O)cc2)on1.Cc1cc(-c2ccc(Cn3c(=O)c4c(ncn4C)n(C)c3=O)cc2)on1.Cc1cc(-c2ccc(Cn3c(=O)c4c(ncn4C)n(C)c3=O)cc2)on1.Cn1cnc2c1c(=O)[nH]c(=O)n2C. The number of nitrogens with one attached hydrogen (secondary N) is 1. The Morgan fingerprint density at radius 1 is 0.413 bits per heavy atom. The Morgan fingerprint density at radius 3 is 1.00 bits per heavy atom. The summed E-state index contributed by atoms with van der Waals surface area (Å²) in [7, 11) is 7.86. The van der Waals surface area contributed by atoms with E-state index in [1.54, 1.807) is 106 Å². The first-order valence-electron chi connectivity index (χ1n) is 47.7. The average Bonchev–Trinajstić information content (AvgIpc) is 1.57. The first-order valence-corrected chi connectivity index (χ1v) is 60.5. The van der Waals surface area contributed by atoms with E-state index in [2.05, 4.69) is 111 Å². The summed E-state index contributed by atoms with van der Waals surface area (Å²) < 4.78 is 105. The molecule has 0 saturated heterocycles. The zero-order valence-electron chi connectivity index (χ0n) is 86.9. The second kappa shape index (κ2) is 55.0. The monoisotopic (exact) mass is 2280 g/mol. The minimum atomic E-state index is -3.41. The van der Waals surface area contributed by atoms with Gasteiger partial charge in [0, 0.05) is 116 Å². The number of aromatic nitrogens is 18. The van der Waals surface area contributed by atoms with Crippen molar-refractivity contribution in [2.45, 2.75) is 154 Å². The molecule has 0 saturated carbocycles. The van der Waals surface area contributed by atoms with Gasteiger partial charge in [-0.15, -0.1) is 0 Å². The molecule has 2 N–H and O–H groups in total. The Kier molecular flexibility index (Phi) is 43.0. The van der Waals surface area contributed by atoms with Crippen molar-refractivity contribution in [2.24, 2.45) is 42.3 Å². The van der Waals surface area contributed by atoms with E-state index in [1.165, 1.54) is 97.4 Å². The first-order chi connectivity index (χ1) is 71.4. The number of ether oxygens (including phenoxy) is 2. The number of rotatable bonds is 27. The van der Waals surface area contributed by atoms with Crippen LogP contribution in [0.1, 0.15) is 150 Å². The van der Waals surface area contributed by atoms with E-state index in [1.807, 2.05) is 174 Å². The van der Waals surface area contributed by atoms with Gasteiger partial charge >= 0.3 is 152 Å². The van der Waals surface area contributed by atoms with Crippen molar-refractivity contribution in [3.8, 4) is 56.6 Å². The Balaban J connectivity index is 0.000000176. The molecular weight excluding hydrogens is 2160 g/mol. The maximum atomic E-state index is 12.7. The maximum Gasteiger partial charge on any atom is 0.338 e. The zero-order valence-corrected chi connectivity index (χ0v) is 93.7. The summed E-state index contributed by atoms with van der Waals surface area (Å²) in [6.45, 7) is 23.1. The van der Waals surface area contributed by atoms with Crippen LogP contribution in [-0.2, 0) is 101 Å². The topological polar surface area (TPSA) is 503 Å². The van der Waals surface area contributed by atoms with Crippen LogP contribution in [0.5, 0.6) is 0 Å². The van der Waals surface area contributed by atoms with E-state index in [-0.39, 0.29) is 49.4 Å². The fourth-order valence-corrected chi connectivity index (χ4v) is 31.0. The average molecular weight is 2290 g/mol. The molecule has 12 heterocycles. The van der Waals surface area contributed by atoms with Crippen LogP contribution in [-0.4, -0.2) is 165 Å². The van der Waals surface area contributed by atoms with Gasteiger partial charge in [0.05, 0.1) is 111 Å². The zero-order chi connectivity index (χ0) is 109. The van der Waals surface area contributed by atoms with E-state index < -0.39 is 60.2 Å². The van der Waals surface area contributed by atoms with Crippen molar-refractivity contribution in [3.63, 3.8) is 0 Å². The van der Waals surface area contributed by atoms with Gasteiger partial charge in [-0.1, -0.05) is 151 Å². The smallest absolute Gasteiger partial charge is 0.338 e. The molecule has 12 aromatic heterocycles. The third kappa shape index (κ3) is 33.2. The van der Waals surface area contributed by atoms with Crippen LogP contribution >= 0.6 is 26.6 Å². The fourth-order valence-electron chi connectivity index (χ4n) is 15.1. The number of halogens is 2. The standard InChI is InChI=1S/2C18H17N5O3.C13H13NO3.C12H13NO4S.C11H11NO2.C9H9BrO2.C7H8N4O2.C4H4NO.3C4H9.CH3ClO2S.Sn/c2*1-11-8-14(26-20-11)13-6-4-12(5-7-13)9-23-17(24)15-16(19-10-21(15)2)22(3)18(23)25;1-3-16-13(15)11-6-4-10(5-7-11)12-8-9(2)14-17-12;1-9-7-12(17-13-9)11-5-3-10(4-6-11)8-16-18(2,14)15;1-8-6-11(14-12-8)10-4-2-9(7-13)3-5-10;1-2-12-9(11)7-3-5-8(10)6-4-7;1-10-3-8-5-4(10)6(12)9-7(13)11(5)2;1-4-2-3-6-5-4;3*1-3-4-2;1-5(2,3)4;/h2*4-8,10H,9H2,1-3H3;4-8H,3H2,1-2H3;3-7H,8H2,1-2H3;2-6,13H,7H2,1H3;3-6H,2H2,1H3;3H,1-2H3,(H,9,12,13);2H,1H3;3*1,3-4H2,2H3;1H3;. The summed E-state index contributed by atoms with van der Waals surface area (Å²) in [4.78, 5) is 110. The van der Waals surface area contributed by atoms with Crippen molar-refractivity contribution in [2.75, 3.05) is 25.7 Å². The molecule has 0 fully saturated rings. The molecule has 0 aliphatic heterocycles. The van der Waals surface area contributed by atoms with E-state index in [9.17, 15) is 55.2 Å². The second-order valence-corrected chi connectivity index (χ2v) is 53.7. The van der Waals surface area contributed by atoms with Crippen LogP contribution < -0.4 is 37.5 Å². The summed E-state index contributed by atoms with van der Waals surface area (Å²) >= 11 is 0.977. The fraction of sp³-hybridized carbons (Fsp3) is 0.324. The van der Waals surface area contributed by atoms with Gasteiger partial charge in [-0.25, -0.2) is 47.3 Å². The van der Waals surface area contributed by atoms with Crippen LogP contribution in [0.15, 0.2) is 261 Å². The number of imidazole rings is 3. The number of aliphatic hydroxyl groups is 1. The number of unbranched alkanes of at least 4 members (excludes halogenated alkanes) is 3. The summed E-state index contributed by atoms with van der Waals surface area (Å²) in [5.74, 6) is 2.91. The van der Waals surface area contributed by atoms with Crippen LogP contribution in [0.25, 0.3) is 90.1 Å². The molecule has 0 aliphatic rings. The number of aliphatic hydroxyl groups excluding tert-OH is 1. The second-order valence-electron chi connectivity index (χ2n) is 35.1. The van der Waals surface area contributed by atoms with Gasteiger partial charge in [-0.2, -0.15) is 8.42 Å². The molecular formula is C105H122BrClN18O22S2Sn. The third-order valence-electron chi connectivity index (χ3n) is 23.0. The number of hydrogen-bond donors (Lipinski definition) is 2. The summed E-state index contributed by atoms with van der Waals surface area (Å²) in [6.07, 6.45) is 14.6. The van der Waals surface area contributed by atoms with Crippen molar-refractivity contribution >= 4 is 113 Å². The molecule has 0 spiro atoms. The minimum Gasteiger partial charge on any atom is -0.462 e. The van der Waals surface area contributed by atoms with Crippen LogP contribution in [0, 0.1) is 41.5 Å². The predicted molar refractivity (Wildman–Crippen MR) is 577 cm³/mol. The van der Waals surface area contributed by atoms with Crippen molar-refractivity contribution in [1.82, 2.24) is 87.4 Å². The third-order valence-corrected chi connectivity index (χ3v) is 38.9. The predicted octanol–water partition coefficient (Wildman–Crippen LogP) is 16.8. The van der Waals surface area contributed by atoms with Gasteiger partial charge in [-0.3, -0.25) is 46.4 Å². The molecule has 6 aromatic carbocycles. The number of nitrogens with zero attached hydrogens (tertiary/aromatic N) is 17. The van der Waals surface area contributed by atoms with Crippen molar-refractivity contribution in [3.05, 3.63) is 336 Å². The molecule has 0 unspecified atom stereocenters. The van der Waals surface area contributed by atoms with E-state index in [0.29, 0.717) is 80.9 Å². The molecule has 0 atom stereocenters. The molecule has 150 heavy (non-hydrogen) atoms. The minimum absolute atomic E-state index is 0.0363. The molecule has 0 amide bonds. The van der Waals surface area contributed by atoms with Crippen molar-refractivity contribution in [1.29, 1.82) is 0 Å². The van der Waals surface area contributed by atoms with Gasteiger partial charge in [0.15, 0.2) is 62.3 Å². The molecule has 18 rings (SSSR count). The quantitative estimate of drug-likeness (QED) is 0.0209. The molecule has 40 nitrogen and oxygen atoms in total. The molecule has 0 aliphatic carbocycles. The first kappa shape index (κ1) is 117. The van der Waals surface area contributed by atoms with Gasteiger partial charge in [0.25, 0.3) is 26.8 Å². The number of aryl methyl sites for hydroxylation is 12. The number of carbonyl (C=O) groups excluding carboxylic acids is 2. The van der Waals surface area contributed by atoms with E-state index >= 15 is 0 Å². The Hall–Kier alpha value is -14.6. The Bertz CT molecular complexity index is 7950. The normalized spacial score (nSPS) is 11.1. The van der Waals surface area contributed by atoms with Crippen molar-refractivity contribution < 1.29 is 72.3 Å². The van der Waals surface area contributed by atoms with Crippen LogP contribution in [0.2, 0.25) is 13.3 Å². The summed E-state index contributed by atoms with van der Waals surface area (Å²) in [5.41, 5.74) is 14.2. The van der Waals surface area contributed by atoms with E-state index in [0.717, 1.165) is 107 Å². The number of carbonyl (C=O) groups is 2. The molecule has 45 heteroatoms.